The van der Waals surface area contributed by atoms with Crippen molar-refractivity contribution in [2.75, 3.05) is 7.05 Å². The van der Waals surface area contributed by atoms with Gasteiger partial charge < -0.3 is 10.1 Å². The fourth-order valence-corrected chi connectivity index (χ4v) is 2.82. The molecule has 0 heterocycles. The SMILES string of the molecule is CCc1cccc(C(=O)C(=O)NC)c1COc1cc(C)c(C)cc1C. The van der Waals surface area contributed by atoms with Gasteiger partial charge in [-0.2, -0.15) is 0 Å². The summed E-state index contributed by atoms with van der Waals surface area (Å²) in [5, 5.41) is 2.40. The molecule has 0 aromatic heterocycles. The van der Waals surface area contributed by atoms with E-state index in [9.17, 15) is 9.59 Å². The molecule has 0 atom stereocenters. The summed E-state index contributed by atoms with van der Waals surface area (Å²) >= 11 is 0. The van der Waals surface area contributed by atoms with Crippen molar-refractivity contribution >= 4 is 11.7 Å². The van der Waals surface area contributed by atoms with Crippen LogP contribution in [0.1, 0.15) is 45.1 Å². The zero-order valence-electron chi connectivity index (χ0n) is 15.5. The Bertz CT molecular complexity index is 809. The second-order valence-corrected chi connectivity index (χ2v) is 6.20. The highest BCUT2D eigenvalue weighted by Crippen LogP contribution is 2.25. The van der Waals surface area contributed by atoms with Crippen molar-refractivity contribution in [3.05, 3.63) is 63.7 Å². The number of rotatable bonds is 6. The van der Waals surface area contributed by atoms with Gasteiger partial charge in [-0.3, -0.25) is 9.59 Å². The Hall–Kier alpha value is -2.62. The van der Waals surface area contributed by atoms with E-state index >= 15 is 0 Å². The van der Waals surface area contributed by atoms with Crippen LogP contribution >= 0.6 is 0 Å². The summed E-state index contributed by atoms with van der Waals surface area (Å²) in [5.41, 5.74) is 5.62. The van der Waals surface area contributed by atoms with E-state index in [2.05, 4.69) is 18.3 Å². The average Bonchev–Trinajstić information content (AvgIpc) is 2.61. The molecule has 4 heteroatoms. The lowest BCUT2D eigenvalue weighted by Crippen LogP contribution is -2.28. The minimum Gasteiger partial charge on any atom is -0.489 e. The van der Waals surface area contributed by atoms with Gasteiger partial charge >= 0.3 is 0 Å². The highest BCUT2D eigenvalue weighted by atomic mass is 16.5. The number of likely N-dealkylation sites (N-methyl/N-ethyl adjacent to an activating group) is 1. The van der Waals surface area contributed by atoms with Crippen LogP contribution in [0, 0.1) is 20.8 Å². The summed E-state index contributed by atoms with van der Waals surface area (Å²) in [7, 11) is 1.46. The van der Waals surface area contributed by atoms with E-state index in [1.165, 1.54) is 12.6 Å². The van der Waals surface area contributed by atoms with Crippen LogP contribution < -0.4 is 10.1 Å². The lowest BCUT2D eigenvalue weighted by Gasteiger charge is -2.16. The summed E-state index contributed by atoms with van der Waals surface area (Å²) in [6.45, 7) is 8.39. The molecule has 0 saturated heterocycles. The van der Waals surface area contributed by atoms with Crippen LogP contribution in [0.15, 0.2) is 30.3 Å². The van der Waals surface area contributed by atoms with Gasteiger partial charge in [-0.15, -0.1) is 0 Å². The third-order valence-corrected chi connectivity index (χ3v) is 4.50. The molecule has 0 bridgehead atoms. The number of carbonyl (C=O) groups excluding carboxylic acids is 2. The smallest absolute Gasteiger partial charge is 0.292 e. The number of amides is 1. The van der Waals surface area contributed by atoms with Crippen molar-refractivity contribution < 1.29 is 14.3 Å². The molecule has 0 saturated carbocycles. The first-order chi connectivity index (χ1) is 11.9. The Morgan fingerprint density at radius 2 is 1.72 bits per heavy atom. The van der Waals surface area contributed by atoms with Crippen LogP contribution in [0.3, 0.4) is 0 Å². The summed E-state index contributed by atoms with van der Waals surface area (Å²) in [6, 6.07) is 9.56. The van der Waals surface area contributed by atoms with E-state index in [0.717, 1.165) is 34.4 Å². The van der Waals surface area contributed by atoms with Crippen molar-refractivity contribution in [2.45, 2.75) is 40.7 Å². The van der Waals surface area contributed by atoms with Gasteiger partial charge in [0.2, 0.25) is 0 Å². The summed E-state index contributed by atoms with van der Waals surface area (Å²) in [5.74, 6) is -0.350. The molecule has 1 amide bonds. The molecule has 0 unspecified atom stereocenters. The maximum absolute atomic E-state index is 12.4. The minimum absolute atomic E-state index is 0.255. The Morgan fingerprint density at radius 3 is 2.36 bits per heavy atom. The van der Waals surface area contributed by atoms with Crippen LogP contribution in [0.5, 0.6) is 5.75 Å². The zero-order chi connectivity index (χ0) is 18.6. The molecular weight excluding hydrogens is 314 g/mol. The van der Waals surface area contributed by atoms with Crippen molar-refractivity contribution in [2.24, 2.45) is 0 Å². The predicted octanol–water partition coefficient (Wildman–Crippen LogP) is 3.68. The van der Waals surface area contributed by atoms with Gasteiger partial charge in [0.15, 0.2) is 0 Å². The van der Waals surface area contributed by atoms with Crippen LogP contribution in [-0.2, 0) is 17.8 Å². The first-order valence-corrected chi connectivity index (χ1v) is 8.46. The second-order valence-electron chi connectivity index (χ2n) is 6.20. The van der Waals surface area contributed by atoms with E-state index in [1.807, 2.05) is 32.9 Å². The van der Waals surface area contributed by atoms with Gasteiger partial charge in [0.1, 0.15) is 12.4 Å². The van der Waals surface area contributed by atoms with Crippen molar-refractivity contribution in [1.29, 1.82) is 0 Å². The lowest BCUT2D eigenvalue weighted by atomic mass is 9.96. The van der Waals surface area contributed by atoms with E-state index < -0.39 is 11.7 Å². The molecule has 0 aliphatic rings. The van der Waals surface area contributed by atoms with E-state index in [0.29, 0.717) is 5.56 Å². The Labute approximate surface area is 149 Å². The van der Waals surface area contributed by atoms with Crippen LogP contribution in [0.2, 0.25) is 0 Å². The van der Waals surface area contributed by atoms with Crippen LogP contribution in [-0.4, -0.2) is 18.7 Å². The number of hydrogen-bond donors (Lipinski definition) is 1. The molecule has 0 radical (unpaired) electrons. The molecule has 4 nitrogen and oxygen atoms in total. The molecule has 0 aliphatic carbocycles. The zero-order valence-corrected chi connectivity index (χ0v) is 15.5. The number of Topliss-reactive ketones (excluding diaryl/α,β-unsaturated/α-hetero) is 1. The molecule has 2 aromatic carbocycles. The normalized spacial score (nSPS) is 10.4. The van der Waals surface area contributed by atoms with E-state index in [-0.39, 0.29) is 6.61 Å². The van der Waals surface area contributed by atoms with Gasteiger partial charge in [-0.1, -0.05) is 31.2 Å². The van der Waals surface area contributed by atoms with Crippen LogP contribution in [0.25, 0.3) is 0 Å². The van der Waals surface area contributed by atoms with Gasteiger partial charge in [-0.25, -0.2) is 0 Å². The highest BCUT2D eigenvalue weighted by Gasteiger charge is 2.20. The lowest BCUT2D eigenvalue weighted by molar-refractivity contribution is -0.116. The first-order valence-electron chi connectivity index (χ1n) is 8.46. The summed E-state index contributed by atoms with van der Waals surface area (Å²) in [4.78, 5) is 24.1. The molecule has 2 aromatic rings. The van der Waals surface area contributed by atoms with E-state index in [4.69, 9.17) is 4.74 Å². The fourth-order valence-electron chi connectivity index (χ4n) is 2.82. The molecule has 132 valence electrons. The molecule has 1 N–H and O–H groups in total. The topological polar surface area (TPSA) is 55.4 Å². The molecule has 0 fully saturated rings. The Balaban J connectivity index is 2.37. The summed E-state index contributed by atoms with van der Waals surface area (Å²) in [6.07, 6.45) is 0.763. The number of nitrogens with one attached hydrogen (secondary N) is 1. The standard InChI is InChI=1S/C21H25NO3/c1-6-16-8-7-9-17(20(23)21(24)22-5)18(16)12-25-19-11-14(3)13(2)10-15(19)4/h7-11H,6,12H2,1-5H3,(H,22,24). The third-order valence-electron chi connectivity index (χ3n) is 4.50. The Kier molecular flexibility index (Phi) is 5.97. The highest BCUT2D eigenvalue weighted by molar-refractivity contribution is 6.43. The van der Waals surface area contributed by atoms with Gasteiger partial charge in [-0.05, 0) is 55.5 Å². The largest absolute Gasteiger partial charge is 0.489 e. The van der Waals surface area contributed by atoms with Gasteiger partial charge in [0.25, 0.3) is 11.7 Å². The average molecular weight is 339 g/mol. The van der Waals surface area contributed by atoms with Crippen molar-refractivity contribution in [3.63, 3.8) is 0 Å². The second kappa shape index (κ2) is 7.97. The number of ketones is 1. The molecule has 25 heavy (non-hydrogen) atoms. The maximum Gasteiger partial charge on any atom is 0.292 e. The van der Waals surface area contributed by atoms with E-state index in [1.54, 1.807) is 12.1 Å². The third kappa shape index (κ3) is 4.08. The first kappa shape index (κ1) is 18.7. The molecule has 2 rings (SSSR count). The van der Waals surface area contributed by atoms with Crippen LogP contribution in [0.4, 0.5) is 0 Å². The van der Waals surface area contributed by atoms with Gasteiger partial charge in [0, 0.05) is 18.2 Å². The van der Waals surface area contributed by atoms with Crippen molar-refractivity contribution in [1.82, 2.24) is 5.32 Å². The number of ether oxygens (including phenoxy) is 1. The molecular formula is C21H25NO3. The monoisotopic (exact) mass is 339 g/mol. The quantitative estimate of drug-likeness (QED) is 0.645. The molecule has 0 spiro atoms. The molecule has 0 aliphatic heterocycles. The minimum atomic E-state index is -0.614. The Morgan fingerprint density at radius 1 is 1.04 bits per heavy atom. The van der Waals surface area contributed by atoms with Crippen molar-refractivity contribution in [3.8, 4) is 5.75 Å². The maximum atomic E-state index is 12.4. The number of benzene rings is 2. The number of aryl methyl sites for hydroxylation is 4. The number of hydrogen-bond acceptors (Lipinski definition) is 3. The number of carbonyl (C=O) groups is 2. The predicted molar refractivity (Wildman–Crippen MR) is 99.2 cm³/mol. The summed E-state index contributed by atoms with van der Waals surface area (Å²) < 4.78 is 6.02. The van der Waals surface area contributed by atoms with Gasteiger partial charge in [0.05, 0.1) is 0 Å². The fraction of sp³-hybridized carbons (Fsp3) is 0.333.